The number of ether oxygens (including phenoxy) is 1. The first kappa shape index (κ1) is 10.7. The minimum atomic E-state index is -0.721. The number of methoxy groups -OCH3 is 1. The molecule has 0 aromatic carbocycles. The van der Waals surface area contributed by atoms with Gasteiger partial charge in [-0.3, -0.25) is 9.78 Å². The summed E-state index contributed by atoms with van der Waals surface area (Å²) in [5.74, 6) is -0.321. The van der Waals surface area contributed by atoms with Gasteiger partial charge in [0.05, 0.1) is 19.1 Å². The van der Waals surface area contributed by atoms with Crippen LogP contribution in [0.1, 0.15) is 18.9 Å². The van der Waals surface area contributed by atoms with Crippen molar-refractivity contribution in [3.05, 3.63) is 30.1 Å². The van der Waals surface area contributed by atoms with E-state index in [0.29, 0.717) is 0 Å². The molecule has 0 bridgehead atoms. The molecule has 0 aliphatic carbocycles. The van der Waals surface area contributed by atoms with Gasteiger partial charge in [0.1, 0.15) is 0 Å². The highest BCUT2D eigenvalue weighted by atomic mass is 16.5. The molecule has 0 amide bonds. The van der Waals surface area contributed by atoms with Gasteiger partial charge >= 0.3 is 5.97 Å². The molecule has 1 atom stereocenters. The van der Waals surface area contributed by atoms with Crippen molar-refractivity contribution < 1.29 is 9.53 Å². The van der Waals surface area contributed by atoms with E-state index in [9.17, 15) is 4.79 Å². The van der Waals surface area contributed by atoms with Gasteiger partial charge in [-0.2, -0.15) is 0 Å². The van der Waals surface area contributed by atoms with E-state index < -0.39 is 5.54 Å². The van der Waals surface area contributed by atoms with Crippen LogP contribution >= 0.6 is 0 Å². The zero-order chi connectivity index (χ0) is 10.6. The van der Waals surface area contributed by atoms with Crippen molar-refractivity contribution in [2.24, 2.45) is 5.73 Å². The molecule has 1 rings (SSSR count). The maximum Gasteiger partial charge on any atom is 0.307 e. The maximum atomic E-state index is 11.1. The highest BCUT2D eigenvalue weighted by molar-refractivity contribution is 5.71. The van der Waals surface area contributed by atoms with Gasteiger partial charge in [-0.05, 0) is 18.6 Å². The Kier molecular flexibility index (Phi) is 3.19. The monoisotopic (exact) mass is 194 g/mol. The Morgan fingerprint density at radius 3 is 2.93 bits per heavy atom. The second kappa shape index (κ2) is 4.19. The lowest BCUT2D eigenvalue weighted by Crippen LogP contribution is -2.36. The van der Waals surface area contributed by atoms with Crippen molar-refractivity contribution in [3.8, 4) is 0 Å². The number of hydrogen-bond acceptors (Lipinski definition) is 4. The molecular weight excluding hydrogens is 180 g/mol. The van der Waals surface area contributed by atoms with Gasteiger partial charge in [0.15, 0.2) is 0 Å². The first-order chi connectivity index (χ1) is 6.56. The Bertz CT molecular complexity index is 309. The van der Waals surface area contributed by atoms with E-state index in [-0.39, 0.29) is 12.4 Å². The predicted molar refractivity (Wildman–Crippen MR) is 52.4 cm³/mol. The number of rotatable bonds is 3. The first-order valence-corrected chi connectivity index (χ1v) is 4.32. The largest absolute Gasteiger partial charge is 0.469 e. The summed E-state index contributed by atoms with van der Waals surface area (Å²) in [4.78, 5) is 15.0. The minimum Gasteiger partial charge on any atom is -0.469 e. The fourth-order valence-corrected chi connectivity index (χ4v) is 1.17. The Balaban J connectivity index is 2.80. The van der Waals surface area contributed by atoms with E-state index in [1.54, 1.807) is 25.4 Å². The number of hydrogen-bond donors (Lipinski definition) is 1. The van der Waals surface area contributed by atoms with Crippen LogP contribution in [0.2, 0.25) is 0 Å². The molecule has 14 heavy (non-hydrogen) atoms. The number of esters is 1. The van der Waals surface area contributed by atoms with Gasteiger partial charge in [0.2, 0.25) is 0 Å². The molecule has 1 aromatic rings. The molecule has 0 spiro atoms. The third-order valence-electron chi connectivity index (χ3n) is 2.06. The number of aromatic nitrogens is 1. The average molecular weight is 194 g/mol. The second-order valence-electron chi connectivity index (χ2n) is 3.41. The number of nitrogens with two attached hydrogens (primary N) is 1. The molecule has 0 radical (unpaired) electrons. The Labute approximate surface area is 83.1 Å². The predicted octanol–water partition coefficient (Wildman–Crippen LogP) is 0.819. The summed E-state index contributed by atoms with van der Waals surface area (Å²) in [5, 5.41) is 0. The summed E-state index contributed by atoms with van der Waals surface area (Å²) in [6, 6.07) is 3.63. The van der Waals surface area contributed by atoms with Crippen molar-refractivity contribution in [3.63, 3.8) is 0 Å². The van der Waals surface area contributed by atoms with Crippen molar-refractivity contribution in [2.75, 3.05) is 7.11 Å². The summed E-state index contributed by atoms with van der Waals surface area (Å²) < 4.78 is 4.57. The molecule has 76 valence electrons. The van der Waals surface area contributed by atoms with E-state index in [2.05, 4.69) is 9.72 Å². The van der Waals surface area contributed by atoms with Gasteiger partial charge in [-0.15, -0.1) is 0 Å². The maximum absolute atomic E-state index is 11.1. The standard InChI is InChI=1S/C10H14N2O2/c1-10(11,6-9(13)14-2)8-4-3-5-12-7-8/h3-5,7H,6,11H2,1-2H3/t10-/m1/s1. The van der Waals surface area contributed by atoms with Gasteiger partial charge in [0, 0.05) is 12.4 Å². The van der Waals surface area contributed by atoms with Crippen molar-refractivity contribution in [2.45, 2.75) is 18.9 Å². The van der Waals surface area contributed by atoms with Crippen LogP contribution < -0.4 is 5.73 Å². The Morgan fingerprint density at radius 1 is 1.71 bits per heavy atom. The summed E-state index contributed by atoms with van der Waals surface area (Å²) in [7, 11) is 1.35. The van der Waals surface area contributed by atoms with Crippen LogP contribution in [-0.2, 0) is 15.1 Å². The summed E-state index contributed by atoms with van der Waals surface area (Å²) in [6.45, 7) is 1.78. The van der Waals surface area contributed by atoms with E-state index in [0.717, 1.165) is 5.56 Å². The topological polar surface area (TPSA) is 65.2 Å². The van der Waals surface area contributed by atoms with E-state index in [1.165, 1.54) is 7.11 Å². The van der Waals surface area contributed by atoms with E-state index in [1.807, 2.05) is 6.07 Å². The van der Waals surface area contributed by atoms with Gasteiger partial charge < -0.3 is 10.5 Å². The SMILES string of the molecule is COC(=O)C[C@@](C)(N)c1cccnc1. The zero-order valence-corrected chi connectivity index (χ0v) is 8.36. The van der Waals surface area contributed by atoms with E-state index >= 15 is 0 Å². The highest BCUT2D eigenvalue weighted by Gasteiger charge is 2.25. The van der Waals surface area contributed by atoms with Crippen LogP contribution in [-0.4, -0.2) is 18.1 Å². The highest BCUT2D eigenvalue weighted by Crippen LogP contribution is 2.20. The summed E-state index contributed by atoms with van der Waals surface area (Å²) in [5.41, 5.74) is 6.08. The van der Waals surface area contributed by atoms with Crippen molar-refractivity contribution in [1.82, 2.24) is 4.98 Å². The number of pyridine rings is 1. The van der Waals surface area contributed by atoms with Gasteiger partial charge in [-0.1, -0.05) is 6.07 Å². The average Bonchev–Trinajstić information content (AvgIpc) is 2.18. The molecule has 0 saturated heterocycles. The molecule has 4 heteroatoms. The van der Waals surface area contributed by atoms with Gasteiger partial charge in [0.25, 0.3) is 0 Å². The third kappa shape index (κ3) is 2.53. The molecule has 1 aromatic heterocycles. The van der Waals surface area contributed by atoms with Crippen molar-refractivity contribution in [1.29, 1.82) is 0 Å². The van der Waals surface area contributed by atoms with Crippen LogP contribution in [0, 0.1) is 0 Å². The number of carbonyl (C=O) groups excluding carboxylic acids is 1. The lowest BCUT2D eigenvalue weighted by molar-refractivity contribution is -0.141. The fraction of sp³-hybridized carbons (Fsp3) is 0.400. The van der Waals surface area contributed by atoms with E-state index in [4.69, 9.17) is 5.73 Å². The molecule has 0 unspecified atom stereocenters. The molecule has 0 aliphatic heterocycles. The first-order valence-electron chi connectivity index (χ1n) is 4.32. The molecule has 0 aliphatic rings. The minimum absolute atomic E-state index is 0.148. The third-order valence-corrected chi connectivity index (χ3v) is 2.06. The lowest BCUT2D eigenvalue weighted by atomic mass is 9.91. The molecule has 0 saturated carbocycles. The Morgan fingerprint density at radius 2 is 2.43 bits per heavy atom. The quantitative estimate of drug-likeness (QED) is 0.723. The van der Waals surface area contributed by atoms with Crippen LogP contribution in [0.25, 0.3) is 0 Å². The van der Waals surface area contributed by atoms with Crippen LogP contribution in [0.5, 0.6) is 0 Å². The molecular formula is C10H14N2O2. The number of nitrogens with zero attached hydrogens (tertiary/aromatic N) is 1. The lowest BCUT2D eigenvalue weighted by Gasteiger charge is -2.23. The van der Waals surface area contributed by atoms with Crippen LogP contribution in [0.3, 0.4) is 0 Å². The Hall–Kier alpha value is -1.42. The second-order valence-corrected chi connectivity index (χ2v) is 3.41. The summed E-state index contributed by atoms with van der Waals surface area (Å²) in [6.07, 6.45) is 3.47. The molecule has 1 heterocycles. The summed E-state index contributed by atoms with van der Waals surface area (Å²) >= 11 is 0. The smallest absolute Gasteiger partial charge is 0.307 e. The molecule has 2 N–H and O–H groups in total. The van der Waals surface area contributed by atoms with Crippen LogP contribution in [0.15, 0.2) is 24.5 Å². The number of carbonyl (C=O) groups is 1. The van der Waals surface area contributed by atoms with Gasteiger partial charge in [-0.25, -0.2) is 0 Å². The molecule has 4 nitrogen and oxygen atoms in total. The normalized spacial score (nSPS) is 14.5. The zero-order valence-electron chi connectivity index (χ0n) is 8.36. The van der Waals surface area contributed by atoms with Crippen molar-refractivity contribution >= 4 is 5.97 Å². The molecule has 0 fully saturated rings. The van der Waals surface area contributed by atoms with Crippen LogP contribution in [0.4, 0.5) is 0 Å². The fourth-order valence-electron chi connectivity index (χ4n) is 1.17.